The largest absolute Gasteiger partial charge is 0.593 e. The molecule has 4 amide bonds. The fourth-order valence-corrected chi connectivity index (χ4v) is 5.76. The summed E-state index contributed by atoms with van der Waals surface area (Å²) in [6, 6.07) is -1.59. The number of fused-ring (bicyclic) bond motifs is 2. The average molecular weight is 567 g/mol. The number of rotatable bonds is 3. The summed E-state index contributed by atoms with van der Waals surface area (Å²) >= 11 is -1.64. The van der Waals surface area contributed by atoms with Crippen LogP contribution < -0.4 is 15.4 Å². The molecule has 2 heterocycles. The zero-order chi connectivity index (χ0) is 29.2. The minimum Gasteiger partial charge on any atom is -0.593 e. The van der Waals surface area contributed by atoms with Crippen molar-refractivity contribution in [3.63, 3.8) is 0 Å². The van der Waals surface area contributed by atoms with E-state index in [0.717, 1.165) is 25.7 Å². The van der Waals surface area contributed by atoms with Crippen LogP contribution in [0.1, 0.15) is 93.4 Å². The first-order valence-corrected chi connectivity index (χ1v) is 15.2. The number of amides is 4. The van der Waals surface area contributed by atoms with Gasteiger partial charge in [-0.3, -0.25) is 14.4 Å². The number of nitrogens with one attached hydrogen (secondary N) is 3. The Labute approximate surface area is 235 Å². The van der Waals surface area contributed by atoms with Crippen LogP contribution in [0.15, 0.2) is 12.2 Å². The van der Waals surface area contributed by atoms with Crippen LogP contribution in [-0.2, 0) is 30.5 Å². The van der Waals surface area contributed by atoms with Crippen LogP contribution in [0.5, 0.6) is 0 Å². The monoisotopic (exact) mass is 566 g/mol. The lowest BCUT2D eigenvalue weighted by Crippen LogP contribution is -2.59. The summed E-state index contributed by atoms with van der Waals surface area (Å²) in [6.45, 7) is 12.9. The molecule has 1 aliphatic carbocycles. The van der Waals surface area contributed by atoms with Crippen molar-refractivity contribution in [2.45, 2.75) is 121 Å². The Morgan fingerprint density at radius 2 is 1.85 bits per heavy atom. The normalized spacial score (nSPS) is 31.9. The topological polar surface area (TPSA) is 140 Å². The number of carbonyl (C=O) groups is 4. The second kappa shape index (κ2) is 12.1. The van der Waals surface area contributed by atoms with E-state index in [0.29, 0.717) is 25.8 Å². The third kappa shape index (κ3) is 8.13. The first kappa shape index (κ1) is 31.3. The van der Waals surface area contributed by atoms with Crippen LogP contribution in [0.3, 0.4) is 0 Å². The van der Waals surface area contributed by atoms with Crippen molar-refractivity contribution in [2.75, 3.05) is 6.54 Å². The summed E-state index contributed by atoms with van der Waals surface area (Å²) in [7, 11) is 0. The molecule has 39 heavy (non-hydrogen) atoms. The van der Waals surface area contributed by atoms with E-state index in [9.17, 15) is 23.7 Å². The minimum absolute atomic E-state index is 0.0684. The molecule has 3 aliphatic rings. The maximum atomic E-state index is 13.8. The van der Waals surface area contributed by atoms with Gasteiger partial charge in [0, 0.05) is 12.5 Å². The van der Waals surface area contributed by atoms with Crippen molar-refractivity contribution < 1.29 is 28.5 Å². The Kier molecular flexibility index (Phi) is 9.68. The highest BCUT2D eigenvalue weighted by Gasteiger charge is 2.62. The van der Waals surface area contributed by atoms with Crippen LogP contribution in [0.2, 0.25) is 0 Å². The SMILES string of the molecule is C[C@@H]1C[C@H]2C(=O)N[C@]3(C(=O)N[S@@+]([O-])C(C)(C)C)C[C@H]3/C=C\CCCCC[C@H](NC(=O)OC(C)(C)C)C(=O)N2C1. The molecule has 3 rings (SSSR count). The maximum absolute atomic E-state index is 13.8. The van der Waals surface area contributed by atoms with E-state index in [1.807, 2.05) is 19.1 Å². The molecule has 1 saturated heterocycles. The predicted octanol–water partition coefficient (Wildman–Crippen LogP) is 3.09. The fraction of sp³-hybridized carbons (Fsp3) is 0.786. The number of hydrogen-bond acceptors (Lipinski definition) is 6. The van der Waals surface area contributed by atoms with Gasteiger partial charge in [0.05, 0.1) is 11.4 Å². The highest BCUT2D eigenvalue weighted by atomic mass is 32.2. The third-order valence-electron chi connectivity index (χ3n) is 7.32. The van der Waals surface area contributed by atoms with E-state index in [2.05, 4.69) is 15.4 Å². The van der Waals surface area contributed by atoms with Crippen molar-refractivity contribution in [1.29, 1.82) is 0 Å². The van der Waals surface area contributed by atoms with E-state index >= 15 is 0 Å². The standard InChI is InChI=1S/C28H46N4O6S/c1-18-15-21-22(33)30-28(24(35)31-39(37)27(5,6)7)16-19(28)13-11-9-8-10-12-14-20(23(34)32(21)17-18)29-25(36)38-26(2,3)4/h11,13,18-21H,8-10,12,14-17H2,1-7H3,(H,29,36)(H,30,33)(H,31,35)/b13-11-/t18-,19-,20+,21+,28-,39+/m1/s1. The van der Waals surface area contributed by atoms with Crippen molar-refractivity contribution in [1.82, 2.24) is 20.3 Å². The highest BCUT2D eigenvalue weighted by Crippen LogP contribution is 2.46. The zero-order valence-corrected chi connectivity index (χ0v) is 25.2. The summed E-state index contributed by atoms with van der Waals surface area (Å²) in [5.41, 5.74) is -1.92. The number of alkyl carbamates (subject to hydrolysis) is 1. The molecule has 0 aromatic heterocycles. The zero-order valence-electron chi connectivity index (χ0n) is 24.4. The molecular weight excluding hydrogens is 520 g/mol. The summed E-state index contributed by atoms with van der Waals surface area (Å²) in [5, 5.41) is 5.69. The van der Waals surface area contributed by atoms with Gasteiger partial charge in [-0.25, -0.2) is 4.79 Å². The van der Waals surface area contributed by atoms with E-state index in [1.54, 1.807) is 41.5 Å². The summed E-state index contributed by atoms with van der Waals surface area (Å²) in [4.78, 5) is 54.9. The van der Waals surface area contributed by atoms with E-state index < -0.39 is 57.2 Å². The Balaban J connectivity index is 1.86. The molecule has 0 aromatic carbocycles. The molecule has 0 unspecified atom stereocenters. The molecule has 2 fully saturated rings. The van der Waals surface area contributed by atoms with Gasteiger partial charge < -0.3 is 24.8 Å². The van der Waals surface area contributed by atoms with Crippen LogP contribution in [0.4, 0.5) is 4.79 Å². The molecule has 11 heteroatoms. The Morgan fingerprint density at radius 3 is 2.49 bits per heavy atom. The second-order valence-electron chi connectivity index (χ2n) is 13.2. The average Bonchev–Trinajstić information content (AvgIpc) is 3.35. The molecule has 10 nitrogen and oxygen atoms in total. The number of ether oxygens (including phenoxy) is 1. The second-order valence-corrected chi connectivity index (χ2v) is 15.2. The number of nitrogens with zero attached hydrogens (tertiary/aromatic N) is 1. The molecule has 3 N–H and O–H groups in total. The van der Waals surface area contributed by atoms with Gasteiger partial charge in [0.2, 0.25) is 11.8 Å². The third-order valence-corrected chi connectivity index (χ3v) is 8.81. The molecule has 0 bridgehead atoms. The number of allylic oxidation sites excluding steroid dienone is 1. The van der Waals surface area contributed by atoms with Crippen molar-refractivity contribution in [3.8, 4) is 0 Å². The van der Waals surface area contributed by atoms with Crippen LogP contribution in [-0.4, -0.2) is 67.8 Å². The van der Waals surface area contributed by atoms with Gasteiger partial charge in [0.15, 0.2) is 0 Å². The van der Waals surface area contributed by atoms with Gasteiger partial charge in [-0.15, -0.1) is 0 Å². The first-order valence-electron chi connectivity index (χ1n) is 14.0. The molecule has 220 valence electrons. The van der Waals surface area contributed by atoms with Crippen molar-refractivity contribution >= 4 is 35.2 Å². The van der Waals surface area contributed by atoms with Gasteiger partial charge in [-0.2, -0.15) is 4.72 Å². The quantitative estimate of drug-likeness (QED) is 0.354. The fourth-order valence-electron chi connectivity index (χ4n) is 5.11. The molecule has 1 saturated carbocycles. The lowest BCUT2D eigenvalue weighted by Gasteiger charge is -2.31. The highest BCUT2D eigenvalue weighted by molar-refractivity contribution is 7.91. The minimum atomic E-state index is -1.64. The van der Waals surface area contributed by atoms with Crippen LogP contribution >= 0.6 is 0 Å². The van der Waals surface area contributed by atoms with Gasteiger partial charge >= 0.3 is 6.09 Å². The van der Waals surface area contributed by atoms with E-state index in [1.165, 1.54) is 4.90 Å². The molecule has 2 aliphatic heterocycles. The lowest BCUT2D eigenvalue weighted by atomic mass is 10.0. The van der Waals surface area contributed by atoms with Gasteiger partial charge in [0.25, 0.3) is 5.91 Å². The lowest BCUT2D eigenvalue weighted by molar-refractivity contribution is -0.141. The van der Waals surface area contributed by atoms with Gasteiger partial charge in [0.1, 0.15) is 28.0 Å². The Hall–Kier alpha value is -2.27. The van der Waals surface area contributed by atoms with Crippen LogP contribution in [0.25, 0.3) is 0 Å². The summed E-state index contributed by atoms with van der Waals surface area (Å²) in [5.74, 6) is -1.35. The predicted molar refractivity (Wildman–Crippen MR) is 150 cm³/mol. The summed E-state index contributed by atoms with van der Waals surface area (Å²) < 4.78 is 20.0. The Morgan fingerprint density at radius 1 is 1.15 bits per heavy atom. The maximum Gasteiger partial charge on any atom is 0.408 e. The van der Waals surface area contributed by atoms with Crippen molar-refractivity contribution in [2.24, 2.45) is 11.8 Å². The molecule has 6 atom stereocenters. The molecule has 0 spiro atoms. The summed E-state index contributed by atoms with van der Waals surface area (Å²) in [6.07, 6.45) is 7.89. The van der Waals surface area contributed by atoms with Crippen LogP contribution in [0, 0.1) is 11.8 Å². The van der Waals surface area contributed by atoms with E-state index in [4.69, 9.17) is 4.74 Å². The smallest absolute Gasteiger partial charge is 0.408 e. The number of hydrogen-bond donors (Lipinski definition) is 3. The Bertz CT molecular complexity index is 974. The number of carbonyl (C=O) groups excluding carboxylic acids is 4. The molecule has 0 radical (unpaired) electrons. The first-order chi connectivity index (χ1) is 18.0. The molecular formula is C28H46N4O6S. The van der Waals surface area contributed by atoms with Gasteiger partial charge in [-0.05, 0) is 79.6 Å². The van der Waals surface area contributed by atoms with Gasteiger partial charge in [-0.1, -0.05) is 31.9 Å². The molecule has 0 aromatic rings. The van der Waals surface area contributed by atoms with E-state index in [-0.39, 0.29) is 17.7 Å². The van der Waals surface area contributed by atoms with Crippen molar-refractivity contribution in [3.05, 3.63) is 12.2 Å².